The van der Waals surface area contributed by atoms with Gasteiger partial charge in [-0.2, -0.15) is 0 Å². The van der Waals surface area contributed by atoms with Gasteiger partial charge in [-0.15, -0.1) is 0 Å². The number of nitrogens with zero attached hydrogens (tertiary/aromatic N) is 1. The van der Waals surface area contributed by atoms with Crippen LogP contribution in [0.1, 0.15) is 17.0 Å². The number of rotatable bonds is 5. The zero-order chi connectivity index (χ0) is 13.0. The summed E-state index contributed by atoms with van der Waals surface area (Å²) in [6.07, 6.45) is 0. The van der Waals surface area contributed by atoms with E-state index in [1.54, 1.807) is 19.1 Å². The summed E-state index contributed by atoms with van der Waals surface area (Å²) in [5.41, 5.74) is 1.52. The maximum Gasteiger partial charge on any atom is 0.165 e. The van der Waals surface area contributed by atoms with Gasteiger partial charge in [0.2, 0.25) is 0 Å². The summed E-state index contributed by atoms with van der Waals surface area (Å²) in [7, 11) is 1.81. The second-order valence-corrected chi connectivity index (χ2v) is 4.01. The highest BCUT2D eigenvalue weighted by atomic mass is 19.1. The maximum absolute atomic E-state index is 13.7. The summed E-state index contributed by atoms with van der Waals surface area (Å²) in [5.74, 6) is 0.553. The van der Waals surface area contributed by atoms with Crippen molar-refractivity contribution in [1.29, 1.82) is 0 Å². The summed E-state index contributed by atoms with van der Waals surface area (Å²) >= 11 is 0. The van der Waals surface area contributed by atoms with Crippen LogP contribution in [-0.4, -0.2) is 12.2 Å². The van der Waals surface area contributed by atoms with Crippen molar-refractivity contribution in [3.63, 3.8) is 0 Å². The van der Waals surface area contributed by atoms with E-state index in [0.29, 0.717) is 18.0 Å². The molecule has 18 heavy (non-hydrogen) atoms. The van der Waals surface area contributed by atoms with Crippen LogP contribution in [0.3, 0.4) is 0 Å². The highest BCUT2D eigenvalue weighted by Crippen LogP contribution is 2.19. The quantitative estimate of drug-likeness (QED) is 0.885. The van der Waals surface area contributed by atoms with E-state index in [2.05, 4.69) is 10.5 Å². The zero-order valence-corrected chi connectivity index (χ0v) is 10.4. The fraction of sp³-hybridized carbons (Fsp3) is 0.308. The van der Waals surface area contributed by atoms with Crippen LogP contribution < -0.4 is 10.1 Å². The van der Waals surface area contributed by atoms with Crippen molar-refractivity contribution in [3.8, 4) is 5.75 Å². The molecular formula is C13H15FN2O2. The van der Waals surface area contributed by atoms with E-state index < -0.39 is 0 Å². The Morgan fingerprint density at radius 3 is 2.83 bits per heavy atom. The van der Waals surface area contributed by atoms with E-state index in [-0.39, 0.29) is 18.2 Å². The van der Waals surface area contributed by atoms with E-state index in [1.165, 1.54) is 6.07 Å². The predicted molar refractivity (Wildman–Crippen MR) is 64.7 cm³/mol. The molecule has 1 N–H and O–H groups in total. The van der Waals surface area contributed by atoms with E-state index >= 15 is 0 Å². The molecule has 0 aliphatic rings. The zero-order valence-electron chi connectivity index (χ0n) is 10.4. The van der Waals surface area contributed by atoms with Crippen LogP contribution in [0.5, 0.6) is 5.75 Å². The van der Waals surface area contributed by atoms with Gasteiger partial charge in [-0.05, 0) is 31.7 Å². The number of hydrogen-bond acceptors (Lipinski definition) is 4. The van der Waals surface area contributed by atoms with Gasteiger partial charge in [-0.3, -0.25) is 0 Å². The SMILES string of the molecule is CNCc1ccc(OCc2cc(C)on2)c(F)c1. The van der Waals surface area contributed by atoms with Gasteiger partial charge >= 0.3 is 0 Å². The molecule has 2 rings (SSSR count). The van der Waals surface area contributed by atoms with Gasteiger partial charge < -0.3 is 14.6 Å². The molecule has 0 spiro atoms. The molecule has 0 amide bonds. The third kappa shape index (κ3) is 3.07. The molecule has 4 nitrogen and oxygen atoms in total. The van der Waals surface area contributed by atoms with E-state index in [1.807, 2.05) is 13.1 Å². The minimum atomic E-state index is -0.372. The lowest BCUT2D eigenvalue weighted by atomic mass is 10.2. The Morgan fingerprint density at radius 1 is 1.39 bits per heavy atom. The molecule has 0 unspecified atom stereocenters. The van der Waals surface area contributed by atoms with Gasteiger partial charge in [0.1, 0.15) is 18.1 Å². The molecule has 1 heterocycles. The highest BCUT2D eigenvalue weighted by molar-refractivity contribution is 5.29. The summed E-state index contributed by atoms with van der Waals surface area (Å²) in [6, 6.07) is 6.66. The molecule has 0 saturated carbocycles. The maximum atomic E-state index is 13.7. The van der Waals surface area contributed by atoms with Crippen molar-refractivity contribution in [3.05, 3.63) is 47.1 Å². The van der Waals surface area contributed by atoms with E-state index in [0.717, 1.165) is 5.56 Å². The van der Waals surface area contributed by atoms with Crippen LogP contribution in [0.25, 0.3) is 0 Å². The largest absolute Gasteiger partial charge is 0.484 e. The molecule has 0 bridgehead atoms. The molecule has 0 fully saturated rings. The first kappa shape index (κ1) is 12.6. The number of aryl methyl sites for hydroxylation is 1. The Bertz CT molecular complexity index is 525. The number of halogens is 1. The summed E-state index contributed by atoms with van der Waals surface area (Å²) in [5, 5.41) is 6.74. The third-order valence-corrected chi connectivity index (χ3v) is 2.43. The lowest BCUT2D eigenvalue weighted by molar-refractivity contribution is 0.275. The topological polar surface area (TPSA) is 47.3 Å². The summed E-state index contributed by atoms with van der Waals surface area (Å²) in [6.45, 7) is 2.61. The lowest BCUT2D eigenvalue weighted by Gasteiger charge is -2.07. The molecule has 0 radical (unpaired) electrons. The number of aromatic nitrogens is 1. The molecule has 0 saturated heterocycles. The van der Waals surface area contributed by atoms with Crippen LogP contribution in [0.4, 0.5) is 4.39 Å². The first-order valence-electron chi connectivity index (χ1n) is 5.67. The number of benzene rings is 1. The van der Waals surface area contributed by atoms with Gasteiger partial charge in [0, 0.05) is 12.6 Å². The summed E-state index contributed by atoms with van der Waals surface area (Å²) in [4.78, 5) is 0. The molecular weight excluding hydrogens is 235 g/mol. The second kappa shape index (κ2) is 5.64. The second-order valence-electron chi connectivity index (χ2n) is 4.01. The Balaban J connectivity index is 2.01. The summed E-state index contributed by atoms with van der Waals surface area (Å²) < 4.78 is 23.9. The van der Waals surface area contributed by atoms with Crippen molar-refractivity contribution in [2.45, 2.75) is 20.1 Å². The molecule has 96 valence electrons. The smallest absolute Gasteiger partial charge is 0.165 e. The molecule has 1 aromatic heterocycles. The Hall–Kier alpha value is -1.88. The third-order valence-electron chi connectivity index (χ3n) is 2.43. The molecule has 0 atom stereocenters. The van der Waals surface area contributed by atoms with Crippen LogP contribution in [-0.2, 0) is 13.2 Å². The number of hydrogen-bond donors (Lipinski definition) is 1. The van der Waals surface area contributed by atoms with Gasteiger partial charge in [0.15, 0.2) is 11.6 Å². The Kier molecular flexibility index (Phi) is 3.94. The first-order valence-corrected chi connectivity index (χ1v) is 5.67. The molecule has 1 aromatic carbocycles. The molecule has 0 aliphatic carbocycles. The van der Waals surface area contributed by atoms with Crippen molar-refractivity contribution < 1.29 is 13.7 Å². The van der Waals surface area contributed by atoms with Crippen LogP contribution in [0, 0.1) is 12.7 Å². The average molecular weight is 250 g/mol. The minimum absolute atomic E-state index is 0.194. The average Bonchev–Trinajstić information content (AvgIpc) is 2.74. The van der Waals surface area contributed by atoms with Gasteiger partial charge in [0.05, 0.1) is 0 Å². The molecule has 5 heteroatoms. The fourth-order valence-electron chi connectivity index (χ4n) is 1.61. The van der Waals surface area contributed by atoms with Crippen LogP contribution in [0.2, 0.25) is 0 Å². The monoisotopic (exact) mass is 250 g/mol. The standard InChI is InChI=1S/C13H15FN2O2/c1-9-5-11(16-18-9)8-17-13-4-3-10(7-15-2)6-12(13)14/h3-6,15H,7-8H2,1-2H3. The van der Waals surface area contributed by atoms with E-state index in [4.69, 9.17) is 9.26 Å². The van der Waals surface area contributed by atoms with Crippen molar-refractivity contribution in [1.82, 2.24) is 10.5 Å². The first-order chi connectivity index (χ1) is 8.69. The van der Waals surface area contributed by atoms with E-state index in [9.17, 15) is 4.39 Å². The van der Waals surface area contributed by atoms with Crippen molar-refractivity contribution in [2.24, 2.45) is 0 Å². The van der Waals surface area contributed by atoms with Gasteiger partial charge in [-0.1, -0.05) is 11.2 Å². The fourth-order valence-corrected chi connectivity index (χ4v) is 1.61. The van der Waals surface area contributed by atoms with Crippen LogP contribution in [0.15, 0.2) is 28.8 Å². The normalized spacial score (nSPS) is 10.6. The molecule has 2 aromatic rings. The molecule has 0 aliphatic heterocycles. The van der Waals surface area contributed by atoms with Crippen molar-refractivity contribution in [2.75, 3.05) is 7.05 Å². The number of ether oxygens (including phenoxy) is 1. The van der Waals surface area contributed by atoms with Crippen LogP contribution >= 0.6 is 0 Å². The Labute approximate surface area is 105 Å². The minimum Gasteiger partial charge on any atom is -0.484 e. The van der Waals surface area contributed by atoms with Crippen molar-refractivity contribution >= 4 is 0 Å². The Morgan fingerprint density at radius 2 is 2.22 bits per heavy atom. The van der Waals surface area contributed by atoms with Gasteiger partial charge in [-0.25, -0.2) is 4.39 Å². The lowest BCUT2D eigenvalue weighted by Crippen LogP contribution is -2.05. The number of nitrogens with one attached hydrogen (secondary N) is 1. The highest BCUT2D eigenvalue weighted by Gasteiger charge is 2.06. The van der Waals surface area contributed by atoms with Gasteiger partial charge in [0.25, 0.3) is 0 Å². The predicted octanol–water partition coefficient (Wildman–Crippen LogP) is 2.42.